The number of rotatable bonds is 7. The molecule has 0 atom stereocenters. The second-order valence-corrected chi connectivity index (χ2v) is 7.00. The molecule has 1 fully saturated rings. The number of nitrogens with one attached hydrogen (secondary N) is 1. The average Bonchev–Trinajstić information content (AvgIpc) is 2.69. The Morgan fingerprint density at radius 3 is 2.61 bits per heavy atom. The van der Waals surface area contributed by atoms with Gasteiger partial charge in [-0.2, -0.15) is 4.98 Å². The molecule has 1 aromatic carbocycles. The van der Waals surface area contributed by atoms with Crippen LogP contribution in [0, 0.1) is 0 Å². The van der Waals surface area contributed by atoms with E-state index in [1.165, 1.54) is 11.8 Å². The van der Waals surface area contributed by atoms with Gasteiger partial charge in [-0.1, -0.05) is 30.3 Å². The Morgan fingerprint density at radius 1 is 1.21 bits per heavy atom. The lowest BCUT2D eigenvalue weighted by atomic mass is 10.0. The van der Waals surface area contributed by atoms with Crippen molar-refractivity contribution in [3.8, 4) is 5.88 Å². The Hall–Kier alpha value is -2.38. The van der Waals surface area contributed by atoms with Crippen LogP contribution in [-0.2, 0) is 11.3 Å². The van der Waals surface area contributed by atoms with Crippen LogP contribution in [0.4, 0.5) is 5.82 Å². The van der Waals surface area contributed by atoms with Crippen molar-refractivity contribution in [2.75, 3.05) is 38.7 Å². The minimum atomic E-state index is -0.117. The third-order valence-electron chi connectivity index (χ3n) is 4.61. The third kappa shape index (κ3) is 6.65. The van der Waals surface area contributed by atoms with Crippen molar-refractivity contribution in [2.24, 2.45) is 0 Å². The fourth-order valence-electron chi connectivity index (χ4n) is 3.11. The SMILES string of the molecule is CN(C)c1cncc(OCC(=O)NC2CCN(Cc3ccccc3)CC2)n1.Cl. The molecule has 1 saturated heterocycles. The summed E-state index contributed by atoms with van der Waals surface area (Å²) >= 11 is 0. The van der Waals surface area contributed by atoms with Crippen LogP contribution in [0.5, 0.6) is 5.88 Å². The van der Waals surface area contributed by atoms with Gasteiger partial charge in [0.05, 0.1) is 12.4 Å². The molecule has 1 amide bonds. The Balaban J connectivity index is 0.00000280. The van der Waals surface area contributed by atoms with Crippen molar-refractivity contribution in [1.29, 1.82) is 0 Å². The molecule has 0 saturated carbocycles. The van der Waals surface area contributed by atoms with Crippen LogP contribution in [-0.4, -0.2) is 60.6 Å². The first-order valence-electron chi connectivity index (χ1n) is 9.28. The number of carbonyl (C=O) groups is 1. The zero-order valence-corrected chi connectivity index (χ0v) is 17.2. The summed E-state index contributed by atoms with van der Waals surface area (Å²) in [5, 5.41) is 3.06. The van der Waals surface area contributed by atoms with Crippen LogP contribution in [0.25, 0.3) is 0 Å². The summed E-state index contributed by atoms with van der Waals surface area (Å²) in [6.45, 7) is 2.88. The van der Waals surface area contributed by atoms with E-state index in [0.29, 0.717) is 11.7 Å². The second-order valence-electron chi connectivity index (χ2n) is 7.00. The number of hydrogen-bond acceptors (Lipinski definition) is 6. The van der Waals surface area contributed by atoms with Crippen molar-refractivity contribution in [3.05, 3.63) is 48.3 Å². The van der Waals surface area contributed by atoms with E-state index < -0.39 is 0 Å². The van der Waals surface area contributed by atoms with Gasteiger partial charge in [0.1, 0.15) is 0 Å². The Morgan fingerprint density at radius 2 is 1.93 bits per heavy atom. The first-order chi connectivity index (χ1) is 13.1. The maximum absolute atomic E-state index is 12.2. The first kappa shape index (κ1) is 21.9. The monoisotopic (exact) mass is 405 g/mol. The molecule has 152 valence electrons. The molecule has 1 aliphatic rings. The Kier molecular flexibility index (Phi) is 8.47. The van der Waals surface area contributed by atoms with Gasteiger partial charge in [0, 0.05) is 39.8 Å². The van der Waals surface area contributed by atoms with Gasteiger partial charge in [-0.15, -0.1) is 12.4 Å². The maximum atomic E-state index is 12.2. The fourth-order valence-corrected chi connectivity index (χ4v) is 3.11. The molecule has 1 aliphatic heterocycles. The minimum absolute atomic E-state index is 0. The molecule has 0 spiro atoms. The summed E-state index contributed by atoms with van der Waals surface area (Å²) in [7, 11) is 3.76. The maximum Gasteiger partial charge on any atom is 0.258 e. The highest BCUT2D eigenvalue weighted by Crippen LogP contribution is 2.14. The number of benzene rings is 1. The van der Waals surface area contributed by atoms with E-state index in [9.17, 15) is 4.79 Å². The summed E-state index contributed by atoms with van der Waals surface area (Å²) in [4.78, 5) is 24.8. The molecule has 0 unspecified atom stereocenters. The normalized spacial score (nSPS) is 14.8. The lowest BCUT2D eigenvalue weighted by molar-refractivity contribution is -0.124. The number of aromatic nitrogens is 2. The van der Waals surface area contributed by atoms with Crippen LogP contribution < -0.4 is 15.0 Å². The van der Waals surface area contributed by atoms with E-state index >= 15 is 0 Å². The molecular weight excluding hydrogens is 378 g/mol. The van der Waals surface area contributed by atoms with Crippen molar-refractivity contribution in [1.82, 2.24) is 20.2 Å². The number of nitrogens with zero attached hydrogens (tertiary/aromatic N) is 4. The van der Waals surface area contributed by atoms with Gasteiger partial charge in [0.2, 0.25) is 5.88 Å². The number of ether oxygens (including phenoxy) is 1. The summed E-state index contributed by atoms with van der Waals surface area (Å²) in [6, 6.07) is 10.7. The number of halogens is 1. The van der Waals surface area contributed by atoms with Gasteiger partial charge in [-0.25, -0.2) is 0 Å². The smallest absolute Gasteiger partial charge is 0.258 e. The molecular formula is C20H28ClN5O2. The predicted octanol–water partition coefficient (Wildman–Crippen LogP) is 2.12. The summed E-state index contributed by atoms with van der Waals surface area (Å²) in [6.07, 6.45) is 5.07. The molecule has 8 heteroatoms. The van der Waals surface area contributed by atoms with E-state index in [1.54, 1.807) is 6.20 Å². The number of carbonyl (C=O) groups excluding carboxylic acids is 1. The zero-order chi connectivity index (χ0) is 19.1. The first-order valence-corrected chi connectivity index (χ1v) is 9.28. The molecule has 1 aromatic heterocycles. The van der Waals surface area contributed by atoms with E-state index in [1.807, 2.05) is 25.1 Å². The van der Waals surface area contributed by atoms with Crippen LogP contribution in [0.15, 0.2) is 42.7 Å². The number of piperidine rings is 1. The van der Waals surface area contributed by atoms with Crippen molar-refractivity contribution in [2.45, 2.75) is 25.4 Å². The number of anilines is 1. The topological polar surface area (TPSA) is 70.6 Å². The quantitative estimate of drug-likeness (QED) is 0.760. The van der Waals surface area contributed by atoms with Gasteiger partial charge in [0.25, 0.3) is 5.91 Å². The highest BCUT2D eigenvalue weighted by atomic mass is 35.5. The molecule has 28 heavy (non-hydrogen) atoms. The molecule has 2 aromatic rings. The van der Waals surface area contributed by atoms with Crippen molar-refractivity contribution >= 4 is 24.1 Å². The van der Waals surface area contributed by atoms with Gasteiger partial charge >= 0.3 is 0 Å². The van der Waals surface area contributed by atoms with Crippen LogP contribution in [0.3, 0.4) is 0 Å². The van der Waals surface area contributed by atoms with Gasteiger partial charge in [-0.05, 0) is 18.4 Å². The molecule has 2 heterocycles. The number of likely N-dealkylation sites (tertiary alicyclic amines) is 1. The number of hydrogen-bond donors (Lipinski definition) is 1. The van der Waals surface area contributed by atoms with Gasteiger partial charge < -0.3 is 15.0 Å². The largest absolute Gasteiger partial charge is 0.466 e. The van der Waals surface area contributed by atoms with E-state index in [2.05, 4.69) is 44.5 Å². The predicted molar refractivity (Wildman–Crippen MR) is 112 cm³/mol. The summed E-state index contributed by atoms with van der Waals surface area (Å²) in [5.74, 6) is 0.932. The molecule has 0 aliphatic carbocycles. The molecule has 0 radical (unpaired) electrons. The highest BCUT2D eigenvalue weighted by Gasteiger charge is 2.21. The molecule has 0 bridgehead atoms. The second kappa shape index (κ2) is 10.8. The minimum Gasteiger partial charge on any atom is -0.466 e. The Bertz CT molecular complexity index is 736. The molecule has 1 N–H and O–H groups in total. The van der Waals surface area contributed by atoms with E-state index in [4.69, 9.17) is 4.74 Å². The molecule has 7 nitrogen and oxygen atoms in total. The van der Waals surface area contributed by atoms with Crippen molar-refractivity contribution < 1.29 is 9.53 Å². The summed E-state index contributed by atoms with van der Waals surface area (Å²) < 4.78 is 5.48. The van der Waals surface area contributed by atoms with Gasteiger partial charge in [0.15, 0.2) is 12.4 Å². The fraction of sp³-hybridized carbons (Fsp3) is 0.450. The van der Waals surface area contributed by atoms with E-state index in [-0.39, 0.29) is 31.0 Å². The number of amides is 1. The van der Waals surface area contributed by atoms with E-state index in [0.717, 1.165) is 32.5 Å². The Labute approximate surface area is 172 Å². The standard InChI is InChI=1S/C20H27N5O2.ClH/c1-24(2)18-12-21-13-20(23-18)27-15-19(26)22-17-8-10-25(11-9-17)14-16-6-4-3-5-7-16;/h3-7,12-13,17H,8-11,14-15H2,1-2H3,(H,22,26);1H. The molecule has 3 rings (SSSR count). The van der Waals surface area contributed by atoms with Crippen LogP contribution in [0.2, 0.25) is 0 Å². The lowest BCUT2D eigenvalue weighted by Crippen LogP contribution is -2.45. The van der Waals surface area contributed by atoms with Gasteiger partial charge in [-0.3, -0.25) is 14.7 Å². The third-order valence-corrected chi connectivity index (χ3v) is 4.61. The van der Waals surface area contributed by atoms with Crippen LogP contribution >= 0.6 is 12.4 Å². The highest BCUT2D eigenvalue weighted by molar-refractivity contribution is 5.85. The van der Waals surface area contributed by atoms with Crippen molar-refractivity contribution in [3.63, 3.8) is 0 Å². The lowest BCUT2D eigenvalue weighted by Gasteiger charge is -2.32. The van der Waals surface area contributed by atoms with Crippen LogP contribution in [0.1, 0.15) is 18.4 Å². The zero-order valence-electron chi connectivity index (χ0n) is 16.4. The summed E-state index contributed by atoms with van der Waals surface area (Å²) in [5.41, 5.74) is 1.33. The average molecular weight is 406 g/mol.